The van der Waals surface area contributed by atoms with Crippen LogP contribution in [-0.2, 0) is 4.79 Å². The molecule has 2 atom stereocenters. The zero-order chi connectivity index (χ0) is 13.2. The van der Waals surface area contributed by atoms with E-state index >= 15 is 0 Å². The summed E-state index contributed by atoms with van der Waals surface area (Å²) in [6.07, 6.45) is 13.3. The standard InChI is InChI=1S/C16H30O2/c1-14(17)12-13-15-10-8-6-4-2-3-5-7-9-11-16(15)18/h14-15,17H,2-13H2,1H3. The van der Waals surface area contributed by atoms with E-state index < -0.39 is 0 Å². The van der Waals surface area contributed by atoms with Gasteiger partial charge in [0, 0.05) is 12.3 Å². The molecule has 0 aromatic heterocycles. The summed E-state index contributed by atoms with van der Waals surface area (Å²) < 4.78 is 0. The van der Waals surface area contributed by atoms with E-state index in [9.17, 15) is 9.90 Å². The second-order valence-corrected chi connectivity index (χ2v) is 5.96. The molecular formula is C16H30O2. The molecule has 1 aliphatic rings. The van der Waals surface area contributed by atoms with Crippen molar-refractivity contribution in [2.24, 2.45) is 5.92 Å². The van der Waals surface area contributed by atoms with E-state index in [1.165, 1.54) is 44.9 Å². The van der Waals surface area contributed by atoms with Crippen LogP contribution in [0.15, 0.2) is 0 Å². The molecule has 1 fully saturated rings. The molecule has 0 amide bonds. The van der Waals surface area contributed by atoms with E-state index in [2.05, 4.69) is 0 Å². The average molecular weight is 254 g/mol. The number of ketones is 1. The van der Waals surface area contributed by atoms with E-state index in [0.29, 0.717) is 5.78 Å². The molecule has 0 aromatic rings. The zero-order valence-corrected chi connectivity index (χ0v) is 12.0. The van der Waals surface area contributed by atoms with Crippen molar-refractivity contribution in [1.29, 1.82) is 0 Å². The summed E-state index contributed by atoms with van der Waals surface area (Å²) in [5.74, 6) is 0.676. The highest BCUT2D eigenvalue weighted by Gasteiger charge is 2.18. The molecule has 0 aromatic carbocycles. The van der Waals surface area contributed by atoms with Crippen molar-refractivity contribution >= 4 is 5.78 Å². The third kappa shape index (κ3) is 7.15. The predicted molar refractivity (Wildman–Crippen MR) is 75.6 cm³/mol. The molecule has 1 N–H and O–H groups in total. The number of carbonyl (C=O) groups is 1. The van der Waals surface area contributed by atoms with Gasteiger partial charge in [-0.25, -0.2) is 0 Å². The van der Waals surface area contributed by atoms with Gasteiger partial charge in [-0.1, -0.05) is 44.9 Å². The summed E-state index contributed by atoms with van der Waals surface area (Å²) in [6, 6.07) is 0. The van der Waals surface area contributed by atoms with Gasteiger partial charge in [-0.2, -0.15) is 0 Å². The fourth-order valence-electron chi connectivity index (χ4n) is 2.86. The van der Waals surface area contributed by atoms with E-state index in [4.69, 9.17) is 0 Å². The van der Waals surface area contributed by atoms with Crippen molar-refractivity contribution < 1.29 is 9.90 Å². The molecule has 0 aliphatic heterocycles. The minimum atomic E-state index is -0.265. The third-order valence-electron chi connectivity index (χ3n) is 4.11. The normalized spacial score (nSPS) is 26.1. The van der Waals surface area contributed by atoms with Crippen molar-refractivity contribution in [1.82, 2.24) is 0 Å². The number of rotatable bonds is 3. The van der Waals surface area contributed by atoms with Crippen LogP contribution in [0.3, 0.4) is 0 Å². The van der Waals surface area contributed by atoms with Crippen molar-refractivity contribution in [3.8, 4) is 0 Å². The Morgan fingerprint density at radius 3 is 2.22 bits per heavy atom. The lowest BCUT2D eigenvalue weighted by Gasteiger charge is -2.17. The number of Topliss-reactive ketones (excluding diaryl/α,β-unsaturated/α-hetero) is 1. The fourth-order valence-corrected chi connectivity index (χ4v) is 2.86. The highest BCUT2D eigenvalue weighted by molar-refractivity contribution is 5.80. The van der Waals surface area contributed by atoms with Gasteiger partial charge >= 0.3 is 0 Å². The molecule has 2 unspecified atom stereocenters. The maximum absolute atomic E-state index is 12.2. The highest BCUT2D eigenvalue weighted by Crippen LogP contribution is 2.22. The van der Waals surface area contributed by atoms with Gasteiger partial charge in [-0.05, 0) is 32.6 Å². The minimum Gasteiger partial charge on any atom is -0.393 e. The monoisotopic (exact) mass is 254 g/mol. The fraction of sp³-hybridized carbons (Fsp3) is 0.938. The summed E-state index contributed by atoms with van der Waals surface area (Å²) in [7, 11) is 0. The Hall–Kier alpha value is -0.370. The van der Waals surface area contributed by atoms with Gasteiger partial charge in [0.25, 0.3) is 0 Å². The molecule has 0 saturated heterocycles. The van der Waals surface area contributed by atoms with Crippen molar-refractivity contribution in [2.75, 3.05) is 0 Å². The largest absolute Gasteiger partial charge is 0.393 e. The molecule has 0 heterocycles. The van der Waals surface area contributed by atoms with Gasteiger partial charge in [-0.3, -0.25) is 4.79 Å². The molecule has 1 saturated carbocycles. The van der Waals surface area contributed by atoms with Crippen LogP contribution >= 0.6 is 0 Å². The molecule has 18 heavy (non-hydrogen) atoms. The molecular weight excluding hydrogens is 224 g/mol. The van der Waals surface area contributed by atoms with Crippen LogP contribution in [-0.4, -0.2) is 17.0 Å². The smallest absolute Gasteiger partial charge is 0.135 e. The van der Waals surface area contributed by atoms with Crippen LogP contribution in [0.4, 0.5) is 0 Å². The Morgan fingerprint density at radius 1 is 1.06 bits per heavy atom. The Kier molecular flexibility index (Phi) is 8.32. The first kappa shape index (κ1) is 15.7. The maximum Gasteiger partial charge on any atom is 0.135 e. The van der Waals surface area contributed by atoms with Crippen LogP contribution in [0.25, 0.3) is 0 Å². The molecule has 0 radical (unpaired) electrons. The molecule has 2 nitrogen and oxygen atoms in total. The van der Waals surface area contributed by atoms with Crippen LogP contribution in [0.2, 0.25) is 0 Å². The molecule has 0 bridgehead atoms. The van der Waals surface area contributed by atoms with Crippen LogP contribution < -0.4 is 0 Å². The van der Waals surface area contributed by atoms with Gasteiger partial charge in [0.1, 0.15) is 5.78 Å². The average Bonchev–Trinajstić information content (AvgIpc) is 2.32. The second kappa shape index (κ2) is 9.55. The quantitative estimate of drug-likeness (QED) is 0.817. The molecule has 1 rings (SSSR count). The summed E-state index contributed by atoms with van der Waals surface area (Å²) in [5, 5.41) is 9.37. The third-order valence-corrected chi connectivity index (χ3v) is 4.11. The van der Waals surface area contributed by atoms with Gasteiger partial charge in [0.15, 0.2) is 0 Å². The zero-order valence-electron chi connectivity index (χ0n) is 12.0. The molecule has 2 heteroatoms. The lowest BCUT2D eigenvalue weighted by molar-refractivity contribution is -0.123. The number of aliphatic hydroxyl groups is 1. The predicted octanol–water partition coefficient (Wildman–Crippen LogP) is 4.25. The van der Waals surface area contributed by atoms with E-state index in [1.54, 1.807) is 0 Å². The second-order valence-electron chi connectivity index (χ2n) is 5.96. The summed E-state index contributed by atoms with van der Waals surface area (Å²) >= 11 is 0. The van der Waals surface area contributed by atoms with Crippen molar-refractivity contribution in [3.05, 3.63) is 0 Å². The molecule has 0 spiro atoms. The molecule has 1 aliphatic carbocycles. The number of aliphatic hydroxyl groups excluding tert-OH is 1. The molecule has 106 valence electrons. The van der Waals surface area contributed by atoms with Crippen LogP contribution in [0.5, 0.6) is 0 Å². The summed E-state index contributed by atoms with van der Waals surface area (Å²) in [5.41, 5.74) is 0. The summed E-state index contributed by atoms with van der Waals surface area (Å²) in [6.45, 7) is 1.82. The number of carbonyl (C=O) groups excluding carboxylic acids is 1. The first-order valence-electron chi connectivity index (χ1n) is 7.91. The van der Waals surface area contributed by atoms with Crippen molar-refractivity contribution in [3.63, 3.8) is 0 Å². The Bertz CT molecular complexity index is 223. The first-order valence-corrected chi connectivity index (χ1v) is 7.91. The Labute approximate surface area is 112 Å². The highest BCUT2D eigenvalue weighted by atomic mass is 16.3. The van der Waals surface area contributed by atoms with Crippen LogP contribution in [0.1, 0.15) is 84.0 Å². The van der Waals surface area contributed by atoms with Crippen LogP contribution in [0, 0.1) is 5.92 Å². The van der Waals surface area contributed by atoms with Gasteiger partial charge < -0.3 is 5.11 Å². The SMILES string of the molecule is CC(O)CCC1CCCCCCCCCCC1=O. The minimum absolute atomic E-state index is 0.221. The topological polar surface area (TPSA) is 37.3 Å². The van der Waals surface area contributed by atoms with E-state index in [-0.39, 0.29) is 12.0 Å². The Morgan fingerprint density at radius 2 is 1.61 bits per heavy atom. The van der Waals surface area contributed by atoms with E-state index in [1.807, 2.05) is 6.92 Å². The first-order chi connectivity index (χ1) is 8.70. The lowest BCUT2D eigenvalue weighted by Crippen LogP contribution is -2.17. The summed E-state index contributed by atoms with van der Waals surface area (Å²) in [4.78, 5) is 12.2. The number of hydrogen-bond donors (Lipinski definition) is 1. The van der Waals surface area contributed by atoms with Gasteiger partial charge in [-0.15, -0.1) is 0 Å². The van der Waals surface area contributed by atoms with Gasteiger partial charge in [0.05, 0.1) is 6.10 Å². The maximum atomic E-state index is 12.2. The Balaban J connectivity index is 2.39. The van der Waals surface area contributed by atoms with E-state index in [0.717, 1.165) is 32.1 Å². The van der Waals surface area contributed by atoms with Crippen molar-refractivity contribution in [2.45, 2.75) is 90.1 Å². The lowest BCUT2D eigenvalue weighted by atomic mass is 9.88. The van der Waals surface area contributed by atoms with Gasteiger partial charge in [0.2, 0.25) is 0 Å². The number of hydrogen-bond acceptors (Lipinski definition) is 2.